The highest BCUT2D eigenvalue weighted by Crippen LogP contribution is 2.28. The molecule has 0 fully saturated rings. The second-order valence-electron chi connectivity index (χ2n) is 3.33. The number of hydrogen-bond donors (Lipinski definition) is 1. The van der Waals surface area contributed by atoms with Gasteiger partial charge in [-0.05, 0) is 31.5 Å². The lowest BCUT2D eigenvalue weighted by molar-refractivity contribution is 0.468. The predicted molar refractivity (Wildman–Crippen MR) is 53.6 cm³/mol. The number of phenols is 1. The average molecular weight is 190 g/mol. The molecule has 0 unspecified atom stereocenters. The smallest absolute Gasteiger partial charge is 0.336 e. The Morgan fingerprint density at radius 3 is 2.71 bits per heavy atom. The molecule has 1 aromatic carbocycles. The first-order valence-electron chi connectivity index (χ1n) is 4.32. The van der Waals surface area contributed by atoms with Gasteiger partial charge in [0.1, 0.15) is 11.3 Å². The van der Waals surface area contributed by atoms with Crippen LogP contribution in [0.25, 0.3) is 11.0 Å². The molecule has 0 aliphatic rings. The van der Waals surface area contributed by atoms with Gasteiger partial charge in [-0.1, -0.05) is 0 Å². The number of hydrogen-bond acceptors (Lipinski definition) is 3. The average Bonchev–Trinajstić information content (AvgIpc) is 2.14. The number of benzene rings is 1. The molecular formula is C11H10O3. The van der Waals surface area contributed by atoms with Crippen LogP contribution < -0.4 is 5.63 Å². The van der Waals surface area contributed by atoms with Crippen LogP contribution in [-0.4, -0.2) is 5.11 Å². The fourth-order valence-electron chi connectivity index (χ4n) is 1.51. The van der Waals surface area contributed by atoms with Crippen LogP contribution in [0.3, 0.4) is 0 Å². The first kappa shape index (κ1) is 8.81. The lowest BCUT2D eigenvalue weighted by Gasteiger charge is -2.05. The molecule has 1 heterocycles. The Morgan fingerprint density at radius 1 is 1.29 bits per heavy atom. The van der Waals surface area contributed by atoms with E-state index in [0.717, 1.165) is 10.9 Å². The van der Waals surface area contributed by atoms with Gasteiger partial charge in [0.05, 0.1) is 0 Å². The maximum absolute atomic E-state index is 11.0. The van der Waals surface area contributed by atoms with E-state index < -0.39 is 5.63 Å². The van der Waals surface area contributed by atoms with Crippen molar-refractivity contribution in [3.05, 3.63) is 39.7 Å². The summed E-state index contributed by atoms with van der Waals surface area (Å²) in [7, 11) is 0. The van der Waals surface area contributed by atoms with Gasteiger partial charge in [0.15, 0.2) is 0 Å². The normalized spacial score (nSPS) is 10.7. The molecule has 3 heteroatoms. The van der Waals surface area contributed by atoms with E-state index in [1.807, 2.05) is 6.92 Å². The van der Waals surface area contributed by atoms with Crippen molar-refractivity contribution >= 4 is 11.0 Å². The zero-order valence-electron chi connectivity index (χ0n) is 8.00. The molecule has 0 radical (unpaired) electrons. The molecule has 0 bridgehead atoms. The second kappa shape index (κ2) is 2.87. The van der Waals surface area contributed by atoms with Crippen LogP contribution >= 0.6 is 0 Å². The summed E-state index contributed by atoms with van der Waals surface area (Å²) in [5.74, 6) is 0.157. The number of aryl methyl sites for hydroxylation is 2. The molecule has 2 aromatic rings. The summed E-state index contributed by atoms with van der Waals surface area (Å²) in [5.41, 5.74) is 1.57. The van der Waals surface area contributed by atoms with Gasteiger partial charge in [-0.25, -0.2) is 4.79 Å². The Balaban J connectivity index is 3.02. The van der Waals surface area contributed by atoms with Crippen LogP contribution in [0.15, 0.2) is 27.4 Å². The number of fused-ring (bicyclic) bond motifs is 1. The third-order valence-corrected chi connectivity index (χ3v) is 2.34. The van der Waals surface area contributed by atoms with Crippen LogP contribution in [0.5, 0.6) is 5.75 Å². The van der Waals surface area contributed by atoms with Gasteiger partial charge >= 0.3 is 5.63 Å². The Bertz CT molecular complexity index is 552. The summed E-state index contributed by atoms with van der Waals surface area (Å²) in [4.78, 5) is 11.0. The van der Waals surface area contributed by atoms with E-state index in [4.69, 9.17) is 4.42 Å². The third kappa shape index (κ3) is 1.18. The maximum atomic E-state index is 11.0. The molecule has 72 valence electrons. The van der Waals surface area contributed by atoms with Gasteiger partial charge in [-0.15, -0.1) is 0 Å². The lowest BCUT2D eigenvalue weighted by atomic mass is 10.1. The van der Waals surface area contributed by atoms with Gasteiger partial charge in [0.25, 0.3) is 0 Å². The van der Waals surface area contributed by atoms with Gasteiger partial charge in [0.2, 0.25) is 0 Å². The molecule has 0 aliphatic heterocycles. The molecule has 0 saturated carbocycles. The van der Waals surface area contributed by atoms with E-state index in [9.17, 15) is 9.90 Å². The minimum absolute atomic E-state index is 0.157. The van der Waals surface area contributed by atoms with Crippen LogP contribution in [0.2, 0.25) is 0 Å². The molecule has 1 N–H and O–H groups in total. The molecule has 0 saturated heterocycles. The topological polar surface area (TPSA) is 50.4 Å². The zero-order chi connectivity index (χ0) is 10.3. The SMILES string of the molecule is Cc1cc(O)c(C)c2oc(=O)ccc12. The van der Waals surface area contributed by atoms with E-state index in [0.29, 0.717) is 11.1 Å². The molecule has 3 nitrogen and oxygen atoms in total. The van der Waals surface area contributed by atoms with Crippen molar-refractivity contribution in [1.82, 2.24) is 0 Å². The van der Waals surface area contributed by atoms with E-state index in [1.165, 1.54) is 6.07 Å². The van der Waals surface area contributed by atoms with E-state index >= 15 is 0 Å². The largest absolute Gasteiger partial charge is 0.508 e. The van der Waals surface area contributed by atoms with Crippen LogP contribution in [0.1, 0.15) is 11.1 Å². The monoisotopic (exact) mass is 190 g/mol. The zero-order valence-corrected chi connectivity index (χ0v) is 8.00. The molecular weight excluding hydrogens is 180 g/mol. The van der Waals surface area contributed by atoms with Crippen molar-refractivity contribution in [3.63, 3.8) is 0 Å². The van der Waals surface area contributed by atoms with Crippen LogP contribution in [-0.2, 0) is 0 Å². The van der Waals surface area contributed by atoms with Crippen molar-refractivity contribution in [2.75, 3.05) is 0 Å². The molecule has 0 atom stereocenters. The third-order valence-electron chi connectivity index (χ3n) is 2.34. The number of aromatic hydroxyl groups is 1. The van der Waals surface area contributed by atoms with Gasteiger partial charge in [-0.2, -0.15) is 0 Å². The summed E-state index contributed by atoms with van der Waals surface area (Å²) in [5, 5.41) is 10.4. The highest BCUT2D eigenvalue weighted by atomic mass is 16.4. The van der Waals surface area contributed by atoms with Crippen molar-refractivity contribution in [2.24, 2.45) is 0 Å². The van der Waals surface area contributed by atoms with Gasteiger partial charge in [0, 0.05) is 17.0 Å². The van der Waals surface area contributed by atoms with Gasteiger partial charge < -0.3 is 9.52 Å². The molecule has 14 heavy (non-hydrogen) atoms. The first-order chi connectivity index (χ1) is 6.59. The molecule has 0 amide bonds. The summed E-state index contributed by atoms with van der Waals surface area (Å²) in [6.07, 6.45) is 0. The molecule has 1 aromatic heterocycles. The van der Waals surface area contributed by atoms with Crippen molar-refractivity contribution in [3.8, 4) is 5.75 Å². The minimum atomic E-state index is -0.398. The van der Waals surface area contributed by atoms with E-state index in [-0.39, 0.29) is 5.75 Å². The Kier molecular flexibility index (Phi) is 1.81. The van der Waals surface area contributed by atoms with Crippen LogP contribution in [0.4, 0.5) is 0 Å². The van der Waals surface area contributed by atoms with Gasteiger partial charge in [-0.3, -0.25) is 0 Å². The van der Waals surface area contributed by atoms with Crippen LogP contribution in [0, 0.1) is 13.8 Å². The fourth-order valence-corrected chi connectivity index (χ4v) is 1.51. The predicted octanol–water partition coefficient (Wildman–Crippen LogP) is 2.12. The Hall–Kier alpha value is -1.77. The number of phenolic OH excluding ortho intramolecular Hbond substituents is 1. The quantitative estimate of drug-likeness (QED) is 0.647. The highest BCUT2D eigenvalue weighted by molar-refractivity contribution is 5.84. The fraction of sp³-hybridized carbons (Fsp3) is 0.182. The summed E-state index contributed by atoms with van der Waals surface area (Å²) in [6.45, 7) is 3.58. The first-order valence-corrected chi connectivity index (χ1v) is 4.32. The Labute approximate surface area is 80.6 Å². The lowest BCUT2D eigenvalue weighted by Crippen LogP contribution is -1.96. The molecule has 0 spiro atoms. The maximum Gasteiger partial charge on any atom is 0.336 e. The number of rotatable bonds is 0. The molecule has 2 rings (SSSR count). The molecule has 0 aliphatic carbocycles. The summed E-state index contributed by atoms with van der Waals surface area (Å²) >= 11 is 0. The summed E-state index contributed by atoms with van der Waals surface area (Å²) in [6, 6.07) is 4.76. The van der Waals surface area contributed by atoms with Crippen molar-refractivity contribution in [2.45, 2.75) is 13.8 Å². The standard InChI is InChI=1S/C11H10O3/c1-6-5-9(12)7(2)11-8(6)3-4-10(13)14-11/h3-5,12H,1-2H3. The minimum Gasteiger partial charge on any atom is -0.508 e. The van der Waals surface area contributed by atoms with E-state index in [1.54, 1.807) is 19.1 Å². The second-order valence-corrected chi connectivity index (χ2v) is 3.33. The van der Waals surface area contributed by atoms with Crippen molar-refractivity contribution < 1.29 is 9.52 Å². The Morgan fingerprint density at radius 2 is 2.00 bits per heavy atom. The van der Waals surface area contributed by atoms with E-state index in [2.05, 4.69) is 0 Å². The highest BCUT2D eigenvalue weighted by Gasteiger charge is 2.07. The van der Waals surface area contributed by atoms with Crippen molar-refractivity contribution in [1.29, 1.82) is 0 Å². The summed E-state index contributed by atoms with van der Waals surface area (Å²) < 4.78 is 5.04.